The third-order valence-corrected chi connectivity index (χ3v) is 5.47. The maximum atomic E-state index is 13.1. The summed E-state index contributed by atoms with van der Waals surface area (Å²) < 4.78 is 1.90. The first-order valence-electron chi connectivity index (χ1n) is 11.0. The molecule has 2 aromatic rings. The van der Waals surface area contributed by atoms with Gasteiger partial charge in [-0.2, -0.15) is 0 Å². The van der Waals surface area contributed by atoms with Gasteiger partial charge in [-0.3, -0.25) is 19.4 Å². The molecule has 0 bridgehead atoms. The zero-order chi connectivity index (χ0) is 22.4. The number of carbonyl (C=O) groups excluding carboxylic acids is 2. The number of carbonyl (C=O) groups is 2. The Hall–Kier alpha value is -2.96. The van der Waals surface area contributed by atoms with Crippen LogP contribution >= 0.6 is 0 Å². The molecule has 3 rings (SSSR count). The van der Waals surface area contributed by atoms with Gasteiger partial charge in [0.2, 0.25) is 5.43 Å². The van der Waals surface area contributed by atoms with Crippen molar-refractivity contribution < 1.29 is 9.59 Å². The van der Waals surface area contributed by atoms with E-state index in [1.807, 2.05) is 37.5 Å². The molecule has 7 nitrogen and oxygen atoms in total. The van der Waals surface area contributed by atoms with Gasteiger partial charge >= 0.3 is 0 Å². The number of nitrogens with zero attached hydrogens (tertiary/aromatic N) is 2. The Morgan fingerprint density at radius 1 is 1.03 bits per heavy atom. The predicted octanol–water partition coefficient (Wildman–Crippen LogP) is 3.25. The van der Waals surface area contributed by atoms with Gasteiger partial charge in [-0.25, -0.2) is 0 Å². The lowest BCUT2D eigenvalue weighted by atomic mass is 9.95. The van der Waals surface area contributed by atoms with Crippen LogP contribution in [0.4, 0.5) is 0 Å². The van der Waals surface area contributed by atoms with Gasteiger partial charge in [0.15, 0.2) is 0 Å². The Kier molecular flexibility index (Phi) is 7.25. The van der Waals surface area contributed by atoms with Crippen LogP contribution in [0.2, 0.25) is 0 Å². The van der Waals surface area contributed by atoms with E-state index in [-0.39, 0.29) is 17.2 Å². The van der Waals surface area contributed by atoms with Crippen molar-refractivity contribution in [2.75, 3.05) is 6.54 Å². The van der Waals surface area contributed by atoms with E-state index in [9.17, 15) is 14.4 Å². The average Bonchev–Trinajstić information content (AvgIpc) is 2.74. The highest BCUT2D eigenvalue weighted by Gasteiger charge is 2.24. The predicted molar refractivity (Wildman–Crippen MR) is 120 cm³/mol. The summed E-state index contributed by atoms with van der Waals surface area (Å²) in [6.07, 6.45) is 12.6. The molecule has 31 heavy (non-hydrogen) atoms. The van der Waals surface area contributed by atoms with Crippen molar-refractivity contribution >= 4 is 11.8 Å². The third kappa shape index (κ3) is 6.26. The zero-order valence-electron chi connectivity index (χ0n) is 18.6. The molecule has 1 aliphatic rings. The van der Waals surface area contributed by atoms with Gasteiger partial charge in [0.1, 0.15) is 11.1 Å². The third-order valence-electron chi connectivity index (χ3n) is 5.47. The minimum atomic E-state index is -0.532. The van der Waals surface area contributed by atoms with Crippen LogP contribution < -0.4 is 16.1 Å². The van der Waals surface area contributed by atoms with E-state index in [2.05, 4.69) is 15.6 Å². The normalized spacial score (nSPS) is 14.8. The smallest absolute Gasteiger partial charge is 0.257 e. The summed E-state index contributed by atoms with van der Waals surface area (Å²) in [6, 6.07) is 3.97. The molecule has 7 heteroatoms. The highest BCUT2D eigenvalue weighted by Crippen LogP contribution is 2.28. The van der Waals surface area contributed by atoms with Gasteiger partial charge in [-0.05, 0) is 57.7 Å². The van der Waals surface area contributed by atoms with Crippen LogP contribution in [0.25, 0.3) is 0 Å². The van der Waals surface area contributed by atoms with Gasteiger partial charge < -0.3 is 15.2 Å². The van der Waals surface area contributed by atoms with Crippen LogP contribution in [0.1, 0.15) is 85.2 Å². The summed E-state index contributed by atoms with van der Waals surface area (Å²) in [5.74, 6) is -0.900. The van der Waals surface area contributed by atoms with Crippen molar-refractivity contribution in [3.05, 3.63) is 63.8 Å². The van der Waals surface area contributed by atoms with Crippen LogP contribution in [0.15, 0.2) is 41.7 Å². The van der Waals surface area contributed by atoms with Crippen LogP contribution in [0.3, 0.4) is 0 Å². The maximum absolute atomic E-state index is 13.1. The van der Waals surface area contributed by atoms with Gasteiger partial charge in [0.05, 0.1) is 0 Å². The lowest BCUT2D eigenvalue weighted by molar-refractivity contribution is 0.0917. The number of amides is 2. The minimum absolute atomic E-state index is 0.0156. The van der Waals surface area contributed by atoms with E-state index < -0.39 is 22.8 Å². The maximum Gasteiger partial charge on any atom is 0.257 e. The molecule has 0 aromatic carbocycles. The summed E-state index contributed by atoms with van der Waals surface area (Å²) in [5, 5.41) is 5.68. The van der Waals surface area contributed by atoms with Gasteiger partial charge in [0.25, 0.3) is 11.8 Å². The van der Waals surface area contributed by atoms with Crippen molar-refractivity contribution in [3.8, 4) is 0 Å². The van der Waals surface area contributed by atoms with E-state index in [1.165, 1.54) is 6.42 Å². The summed E-state index contributed by atoms with van der Waals surface area (Å²) in [5.41, 5.74) is 0.0646. The number of rotatable bonds is 6. The van der Waals surface area contributed by atoms with Crippen molar-refractivity contribution in [3.63, 3.8) is 0 Å². The van der Waals surface area contributed by atoms with Crippen LogP contribution in [-0.2, 0) is 6.42 Å². The number of hydrogen-bond donors (Lipinski definition) is 2. The topological polar surface area (TPSA) is 93.1 Å². The number of pyridine rings is 2. The molecule has 0 atom stereocenters. The highest BCUT2D eigenvalue weighted by molar-refractivity contribution is 5.99. The van der Waals surface area contributed by atoms with Crippen LogP contribution in [0, 0.1) is 0 Å². The molecule has 0 spiro atoms. The Labute approximate surface area is 183 Å². The first-order chi connectivity index (χ1) is 14.7. The Morgan fingerprint density at radius 3 is 2.26 bits per heavy atom. The molecule has 0 aliphatic heterocycles. The van der Waals surface area contributed by atoms with Crippen molar-refractivity contribution in [2.24, 2.45) is 0 Å². The van der Waals surface area contributed by atoms with E-state index in [0.29, 0.717) is 13.0 Å². The van der Waals surface area contributed by atoms with Crippen molar-refractivity contribution in [2.45, 2.75) is 70.9 Å². The molecule has 166 valence electrons. The molecule has 1 aliphatic carbocycles. The lowest BCUT2D eigenvalue weighted by Gasteiger charge is -2.26. The summed E-state index contributed by atoms with van der Waals surface area (Å²) in [7, 11) is 0. The van der Waals surface area contributed by atoms with Crippen molar-refractivity contribution in [1.82, 2.24) is 20.2 Å². The quantitative estimate of drug-likeness (QED) is 0.744. The first-order valence-corrected chi connectivity index (χ1v) is 11.0. The summed E-state index contributed by atoms with van der Waals surface area (Å²) >= 11 is 0. The number of aromatic nitrogens is 2. The summed E-state index contributed by atoms with van der Waals surface area (Å²) in [4.78, 5) is 42.8. The standard InChI is InChI=1S/C24H32N4O3/c1-24(2,3)27-23(31)20-16-28(18-7-5-4-6-8-18)15-19(21(20)29)22(30)26-14-11-17-9-12-25-13-10-17/h9-10,12-13,15-16,18H,4-8,11,14H2,1-3H3,(H,26,30)(H,27,31). The minimum Gasteiger partial charge on any atom is -0.352 e. The van der Waals surface area contributed by atoms with E-state index in [1.54, 1.807) is 24.8 Å². The van der Waals surface area contributed by atoms with Gasteiger partial charge in [-0.15, -0.1) is 0 Å². The molecule has 2 aromatic heterocycles. The van der Waals surface area contributed by atoms with Crippen LogP contribution in [-0.4, -0.2) is 33.4 Å². The molecule has 1 saturated carbocycles. The second-order valence-corrected chi connectivity index (χ2v) is 9.22. The fourth-order valence-corrected chi connectivity index (χ4v) is 3.88. The van der Waals surface area contributed by atoms with Gasteiger partial charge in [0, 0.05) is 42.9 Å². The van der Waals surface area contributed by atoms with Gasteiger partial charge in [-0.1, -0.05) is 19.3 Å². The molecule has 0 radical (unpaired) electrons. The van der Waals surface area contributed by atoms with E-state index in [0.717, 1.165) is 31.2 Å². The SMILES string of the molecule is CC(C)(C)NC(=O)c1cn(C2CCCCC2)cc(C(=O)NCCc2ccncc2)c1=O. The lowest BCUT2D eigenvalue weighted by Crippen LogP contribution is -2.43. The van der Waals surface area contributed by atoms with Crippen molar-refractivity contribution in [1.29, 1.82) is 0 Å². The fourth-order valence-electron chi connectivity index (χ4n) is 3.88. The largest absolute Gasteiger partial charge is 0.352 e. The Morgan fingerprint density at radius 2 is 1.65 bits per heavy atom. The molecule has 2 N–H and O–H groups in total. The summed E-state index contributed by atoms with van der Waals surface area (Å²) in [6.45, 7) is 5.98. The van der Waals surface area contributed by atoms with E-state index in [4.69, 9.17) is 0 Å². The average molecular weight is 425 g/mol. The molecular weight excluding hydrogens is 392 g/mol. The second-order valence-electron chi connectivity index (χ2n) is 9.22. The fraction of sp³-hybridized carbons (Fsp3) is 0.500. The van der Waals surface area contributed by atoms with Crippen LogP contribution in [0.5, 0.6) is 0 Å². The Balaban J connectivity index is 1.86. The first kappa shape index (κ1) is 22.7. The number of nitrogens with one attached hydrogen (secondary N) is 2. The Bertz CT molecular complexity index is 971. The molecule has 2 amide bonds. The molecule has 2 heterocycles. The van der Waals surface area contributed by atoms with E-state index >= 15 is 0 Å². The molecule has 0 unspecified atom stereocenters. The monoisotopic (exact) mass is 424 g/mol. The number of hydrogen-bond acceptors (Lipinski definition) is 4. The second kappa shape index (κ2) is 9.90. The zero-order valence-corrected chi connectivity index (χ0v) is 18.6. The molecular formula is C24H32N4O3. The highest BCUT2D eigenvalue weighted by atomic mass is 16.2. The molecule has 1 fully saturated rings. The molecule has 0 saturated heterocycles.